The predicted octanol–water partition coefficient (Wildman–Crippen LogP) is 3.21. The summed E-state index contributed by atoms with van der Waals surface area (Å²) < 4.78 is 0.908. The normalized spacial score (nSPS) is 10.1. The Morgan fingerprint density at radius 1 is 1.25 bits per heavy atom. The number of carboxylic acid groups (broad SMARTS) is 1. The van der Waals surface area contributed by atoms with Gasteiger partial charge in [-0.15, -0.1) is 0 Å². The van der Waals surface area contributed by atoms with Crippen molar-refractivity contribution in [1.29, 1.82) is 0 Å². The van der Waals surface area contributed by atoms with E-state index in [9.17, 15) is 4.79 Å². The maximum atomic E-state index is 11.0. The first kappa shape index (κ1) is 10.8. The summed E-state index contributed by atoms with van der Waals surface area (Å²) in [5.74, 6) is -1.02. The molecule has 0 saturated carbocycles. The summed E-state index contributed by atoms with van der Waals surface area (Å²) >= 11 is 3.35. The van der Waals surface area contributed by atoms with Crippen molar-refractivity contribution in [3.05, 3.63) is 52.8 Å². The van der Waals surface area contributed by atoms with Crippen LogP contribution in [0.2, 0.25) is 0 Å². The second-order valence-electron chi connectivity index (χ2n) is 3.22. The van der Waals surface area contributed by atoms with Crippen LogP contribution in [0.1, 0.15) is 10.5 Å². The number of benzene rings is 1. The molecule has 0 amide bonds. The standard InChI is InChI=1S/C12H8BrNO2/c13-9-4-1-3-8(7-9)10-5-2-6-14-11(10)12(15)16/h1-7H,(H,15,16). The Balaban J connectivity index is 2.60. The highest BCUT2D eigenvalue weighted by Crippen LogP contribution is 2.24. The maximum absolute atomic E-state index is 11.0. The number of nitrogens with zero attached hydrogens (tertiary/aromatic N) is 1. The average molecular weight is 278 g/mol. The summed E-state index contributed by atoms with van der Waals surface area (Å²) in [7, 11) is 0. The van der Waals surface area contributed by atoms with Crippen LogP contribution in [0.3, 0.4) is 0 Å². The van der Waals surface area contributed by atoms with E-state index in [1.54, 1.807) is 12.1 Å². The van der Waals surface area contributed by atoms with E-state index >= 15 is 0 Å². The monoisotopic (exact) mass is 277 g/mol. The van der Waals surface area contributed by atoms with Crippen molar-refractivity contribution >= 4 is 21.9 Å². The van der Waals surface area contributed by atoms with Gasteiger partial charge in [-0.25, -0.2) is 9.78 Å². The molecular weight excluding hydrogens is 270 g/mol. The minimum Gasteiger partial charge on any atom is -0.476 e. The lowest BCUT2D eigenvalue weighted by molar-refractivity contribution is 0.0691. The lowest BCUT2D eigenvalue weighted by atomic mass is 10.0. The molecule has 1 N–H and O–H groups in total. The van der Waals surface area contributed by atoms with Gasteiger partial charge in [-0.1, -0.05) is 34.1 Å². The fourth-order valence-corrected chi connectivity index (χ4v) is 1.86. The van der Waals surface area contributed by atoms with Gasteiger partial charge in [0.1, 0.15) is 0 Å². The van der Waals surface area contributed by atoms with E-state index in [1.165, 1.54) is 6.20 Å². The summed E-state index contributed by atoms with van der Waals surface area (Å²) in [6, 6.07) is 10.9. The van der Waals surface area contributed by atoms with Crippen LogP contribution in [0.15, 0.2) is 47.1 Å². The van der Waals surface area contributed by atoms with Crippen LogP contribution >= 0.6 is 15.9 Å². The van der Waals surface area contributed by atoms with Crippen LogP contribution < -0.4 is 0 Å². The first-order chi connectivity index (χ1) is 7.68. The molecule has 3 nitrogen and oxygen atoms in total. The second kappa shape index (κ2) is 4.45. The smallest absolute Gasteiger partial charge is 0.355 e. The van der Waals surface area contributed by atoms with Gasteiger partial charge in [0.15, 0.2) is 5.69 Å². The molecule has 16 heavy (non-hydrogen) atoms. The molecule has 4 heteroatoms. The largest absolute Gasteiger partial charge is 0.476 e. The molecule has 80 valence electrons. The van der Waals surface area contributed by atoms with Crippen LogP contribution in [0.25, 0.3) is 11.1 Å². The zero-order valence-electron chi connectivity index (χ0n) is 8.22. The minimum absolute atomic E-state index is 0.0700. The van der Waals surface area contributed by atoms with Gasteiger partial charge in [0.05, 0.1) is 0 Å². The predicted molar refractivity (Wildman–Crippen MR) is 64.3 cm³/mol. The molecule has 0 aliphatic heterocycles. The number of carboxylic acids is 1. The first-order valence-corrected chi connectivity index (χ1v) is 5.42. The Labute approximate surface area is 101 Å². The fraction of sp³-hybridized carbons (Fsp3) is 0. The summed E-state index contributed by atoms with van der Waals surface area (Å²) in [4.78, 5) is 14.9. The van der Waals surface area contributed by atoms with E-state index in [4.69, 9.17) is 5.11 Å². The van der Waals surface area contributed by atoms with Gasteiger partial charge in [-0.3, -0.25) is 0 Å². The van der Waals surface area contributed by atoms with E-state index < -0.39 is 5.97 Å². The molecular formula is C12H8BrNO2. The molecule has 0 radical (unpaired) electrons. The highest BCUT2D eigenvalue weighted by atomic mass is 79.9. The van der Waals surface area contributed by atoms with Gasteiger partial charge in [0.25, 0.3) is 0 Å². The Morgan fingerprint density at radius 3 is 2.75 bits per heavy atom. The van der Waals surface area contributed by atoms with Crippen molar-refractivity contribution in [1.82, 2.24) is 4.98 Å². The Bertz CT molecular complexity index is 540. The van der Waals surface area contributed by atoms with E-state index in [0.717, 1.165) is 10.0 Å². The zero-order valence-corrected chi connectivity index (χ0v) is 9.81. The maximum Gasteiger partial charge on any atom is 0.355 e. The number of aromatic nitrogens is 1. The topological polar surface area (TPSA) is 50.2 Å². The third kappa shape index (κ3) is 2.12. The Hall–Kier alpha value is -1.68. The molecule has 0 bridgehead atoms. The van der Waals surface area contributed by atoms with Gasteiger partial charge in [-0.2, -0.15) is 0 Å². The molecule has 0 atom stereocenters. The van der Waals surface area contributed by atoms with Crippen molar-refractivity contribution in [2.24, 2.45) is 0 Å². The van der Waals surface area contributed by atoms with E-state index in [1.807, 2.05) is 24.3 Å². The molecule has 1 heterocycles. The van der Waals surface area contributed by atoms with Crippen molar-refractivity contribution < 1.29 is 9.90 Å². The molecule has 0 aliphatic carbocycles. The first-order valence-electron chi connectivity index (χ1n) is 4.63. The molecule has 1 aromatic carbocycles. The van der Waals surface area contributed by atoms with Crippen molar-refractivity contribution in [3.8, 4) is 11.1 Å². The number of halogens is 1. The highest BCUT2D eigenvalue weighted by molar-refractivity contribution is 9.10. The SMILES string of the molecule is O=C(O)c1ncccc1-c1cccc(Br)c1. The molecule has 0 aliphatic rings. The van der Waals surface area contributed by atoms with E-state index in [0.29, 0.717) is 5.56 Å². The number of rotatable bonds is 2. The van der Waals surface area contributed by atoms with Crippen LogP contribution in [0.5, 0.6) is 0 Å². The molecule has 0 unspecified atom stereocenters. The van der Waals surface area contributed by atoms with Gasteiger partial charge in [-0.05, 0) is 23.8 Å². The molecule has 1 aromatic heterocycles. The number of aromatic carboxylic acids is 1. The van der Waals surface area contributed by atoms with Crippen LogP contribution in [-0.4, -0.2) is 16.1 Å². The third-order valence-corrected chi connectivity index (χ3v) is 2.64. The highest BCUT2D eigenvalue weighted by Gasteiger charge is 2.12. The van der Waals surface area contributed by atoms with Crippen molar-refractivity contribution in [3.63, 3.8) is 0 Å². The molecule has 0 fully saturated rings. The van der Waals surface area contributed by atoms with Gasteiger partial charge in [0.2, 0.25) is 0 Å². The summed E-state index contributed by atoms with van der Waals surface area (Å²) in [5.41, 5.74) is 1.52. The van der Waals surface area contributed by atoms with Gasteiger partial charge in [0, 0.05) is 16.2 Å². The van der Waals surface area contributed by atoms with Crippen molar-refractivity contribution in [2.45, 2.75) is 0 Å². The molecule has 2 aromatic rings. The van der Waals surface area contributed by atoms with Crippen LogP contribution in [0, 0.1) is 0 Å². The van der Waals surface area contributed by atoms with Crippen molar-refractivity contribution in [2.75, 3.05) is 0 Å². The summed E-state index contributed by atoms with van der Waals surface area (Å²) in [6.45, 7) is 0. The van der Waals surface area contributed by atoms with E-state index in [2.05, 4.69) is 20.9 Å². The van der Waals surface area contributed by atoms with Gasteiger partial charge >= 0.3 is 5.97 Å². The van der Waals surface area contributed by atoms with Crippen LogP contribution in [0.4, 0.5) is 0 Å². The number of carbonyl (C=O) groups is 1. The van der Waals surface area contributed by atoms with E-state index in [-0.39, 0.29) is 5.69 Å². The minimum atomic E-state index is -1.02. The number of hydrogen-bond acceptors (Lipinski definition) is 2. The quantitative estimate of drug-likeness (QED) is 0.917. The molecule has 0 saturated heterocycles. The Kier molecular flexibility index (Phi) is 3.01. The summed E-state index contributed by atoms with van der Waals surface area (Å²) in [5, 5.41) is 9.02. The number of pyridine rings is 1. The second-order valence-corrected chi connectivity index (χ2v) is 4.13. The lowest BCUT2D eigenvalue weighted by Gasteiger charge is -2.05. The molecule has 2 rings (SSSR count). The third-order valence-electron chi connectivity index (χ3n) is 2.15. The number of hydrogen-bond donors (Lipinski definition) is 1. The van der Waals surface area contributed by atoms with Crippen LogP contribution in [-0.2, 0) is 0 Å². The fourth-order valence-electron chi connectivity index (χ4n) is 1.46. The summed E-state index contributed by atoms with van der Waals surface area (Å²) in [6.07, 6.45) is 1.48. The molecule has 0 spiro atoms. The van der Waals surface area contributed by atoms with Gasteiger partial charge < -0.3 is 5.11 Å². The Morgan fingerprint density at radius 2 is 2.06 bits per heavy atom. The lowest BCUT2D eigenvalue weighted by Crippen LogP contribution is -2.02. The zero-order chi connectivity index (χ0) is 11.5. The average Bonchev–Trinajstić information content (AvgIpc) is 2.29.